The van der Waals surface area contributed by atoms with E-state index in [1.807, 2.05) is 30.7 Å². The highest BCUT2D eigenvalue weighted by atomic mass is 16.1. The van der Waals surface area contributed by atoms with Crippen LogP contribution in [-0.2, 0) is 13.0 Å². The maximum Gasteiger partial charge on any atom is 0.251 e. The Balaban J connectivity index is 1.76. The topological polar surface area (TPSA) is 59.8 Å². The summed E-state index contributed by atoms with van der Waals surface area (Å²) in [6.07, 6.45) is 1.01. The van der Waals surface area contributed by atoms with Gasteiger partial charge >= 0.3 is 0 Å². The molecule has 0 spiro atoms. The van der Waals surface area contributed by atoms with Crippen LogP contribution < -0.4 is 5.32 Å². The van der Waals surface area contributed by atoms with Gasteiger partial charge < -0.3 is 5.32 Å². The van der Waals surface area contributed by atoms with Gasteiger partial charge in [-0.05, 0) is 49.6 Å². The molecule has 3 rings (SSSR count). The Kier molecular flexibility index (Phi) is 4.60. The van der Waals surface area contributed by atoms with E-state index in [-0.39, 0.29) is 11.9 Å². The van der Waals surface area contributed by atoms with Crippen LogP contribution in [0, 0.1) is 0 Å². The lowest BCUT2D eigenvalue weighted by Gasteiger charge is -2.15. The third-order valence-electron chi connectivity index (χ3n) is 4.31. The highest BCUT2D eigenvalue weighted by Crippen LogP contribution is 2.17. The van der Waals surface area contributed by atoms with Crippen LogP contribution in [0.25, 0.3) is 11.0 Å². The third-order valence-corrected chi connectivity index (χ3v) is 4.31. The molecule has 0 aliphatic carbocycles. The molecule has 24 heavy (non-hydrogen) atoms. The molecule has 124 valence electrons. The zero-order valence-electron chi connectivity index (χ0n) is 14.3. The molecule has 1 unspecified atom stereocenters. The molecule has 0 saturated carbocycles. The quantitative estimate of drug-likeness (QED) is 0.782. The first kappa shape index (κ1) is 16.2. The smallest absolute Gasteiger partial charge is 0.251 e. The summed E-state index contributed by atoms with van der Waals surface area (Å²) in [6.45, 7) is 6.89. The van der Waals surface area contributed by atoms with Gasteiger partial charge in [0.15, 0.2) is 0 Å². The first-order valence-corrected chi connectivity index (χ1v) is 8.35. The van der Waals surface area contributed by atoms with Crippen LogP contribution in [0.15, 0.2) is 42.5 Å². The maximum absolute atomic E-state index is 12.5. The Morgan fingerprint density at radius 3 is 2.58 bits per heavy atom. The van der Waals surface area contributed by atoms with Gasteiger partial charge in [-0.3, -0.25) is 4.79 Å². The van der Waals surface area contributed by atoms with Crippen molar-refractivity contribution in [3.8, 4) is 0 Å². The number of carbonyl (C=O) groups is 1. The fraction of sp³-hybridized carbons (Fsp3) is 0.316. The maximum atomic E-state index is 12.5. The monoisotopic (exact) mass is 322 g/mol. The molecular formula is C19H22N4O. The van der Waals surface area contributed by atoms with Crippen LogP contribution in [0.5, 0.6) is 0 Å². The predicted octanol–water partition coefficient (Wildman–Crippen LogP) is 3.50. The second-order valence-electron chi connectivity index (χ2n) is 5.90. The van der Waals surface area contributed by atoms with E-state index in [9.17, 15) is 4.79 Å². The van der Waals surface area contributed by atoms with Gasteiger partial charge in [-0.1, -0.05) is 36.4 Å². The van der Waals surface area contributed by atoms with Crippen molar-refractivity contribution in [2.45, 2.75) is 39.8 Å². The number of hydrogen-bond donors (Lipinski definition) is 1. The second-order valence-corrected chi connectivity index (χ2v) is 5.90. The molecule has 5 nitrogen and oxygen atoms in total. The molecule has 1 atom stereocenters. The van der Waals surface area contributed by atoms with Crippen LogP contribution in [0.4, 0.5) is 0 Å². The second kappa shape index (κ2) is 6.83. The fourth-order valence-corrected chi connectivity index (χ4v) is 2.75. The Labute approximate surface area is 141 Å². The van der Waals surface area contributed by atoms with Crippen molar-refractivity contribution in [3.63, 3.8) is 0 Å². The molecule has 0 fully saturated rings. The number of carbonyl (C=O) groups excluding carboxylic acids is 1. The van der Waals surface area contributed by atoms with Crippen LogP contribution >= 0.6 is 0 Å². The van der Waals surface area contributed by atoms with Gasteiger partial charge in [-0.25, -0.2) is 4.68 Å². The Morgan fingerprint density at radius 2 is 1.92 bits per heavy atom. The Hall–Kier alpha value is -2.69. The molecule has 1 N–H and O–H groups in total. The van der Waals surface area contributed by atoms with Gasteiger partial charge in [-0.2, -0.15) is 0 Å². The van der Waals surface area contributed by atoms with Crippen LogP contribution in [0.1, 0.15) is 48.3 Å². The molecule has 0 bridgehead atoms. The molecule has 0 radical (unpaired) electrons. The minimum Gasteiger partial charge on any atom is -0.346 e. The normalized spacial score (nSPS) is 12.3. The number of hydrogen-bond acceptors (Lipinski definition) is 3. The summed E-state index contributed by atoms with van der Waals surface area (Å²) in [6, 6.07) is 13.8. The first-order valence-electron chi connectivity index (χ1n) is 8.35. The van der Waals surface area contributed by atoms with Crippen molar-refractivity contribution in [3.05, 3.63) is 59.2 Å². The summed E-state index contributed by atoms with van der Waals surface area (Å²) < 4.78 is 1.81. The number of aromatic nitrogens is 3. The molecule has 1 heterocycles. The summed E-state index contributed by atoms with van der Waals surface area (Å²) in [5.74, 6) is -0.102. The molecule has 3 aromatic rings. The van der Waals surface area contributed by atoms with Gasteiger partial charge in [0.2, 0.25) is 0 Å². The predicted molar refractivity (Wildman–Crippen MR) is 94.9 cm³/mol. The molecule has 1 aromatic heterocycles. The zero-order valence-corrected chi connectivity index (χ0v) is 14.3. The molecule has 0 saturated heterocycles. The number of rotatable bonds is 5. The zero-order chi connectivity index (χ0) is 17.1. The van der Waals surface area contributed by atoms with Crippen molar-refractivity contribution in [1.82, 2.24) is 20.3 Å². The van der Waals surface area contributed by atoms with E-state index in [0.717, 1.165) is 29.6 Å². The number of fused-ring (bicyclic) bond motifs is 1. The van der Waals surface area contributed by atoms with Gasteiger partial charge in [0.05, 0.1) is 11.6 Å². The van der Waals surface area contributed by atoms with Crippen LogP contribution in [-0.4, -0.2) is 20.9 Å². The minimum atomic E-state index is -0.102. The summed E-state index contributed by atoms with van der Waals surface area (Å²) in [5.41, 5.74) is 4.67. The van der Waals surface area contributed by atoms with Crippen molar-refractivity contribution >= 4 is 16.9 Å². The Bertz CT molecular complexity index is 851. The summed E-state index contributed by atoms with van der Waals surface area (Å²) in [5, 5.41) is 11.2. The number of nitrogens with one attached hydrogen (secondary N) is 1. The summed E-state index contributed by atoms with van der Waals surface area (Å²) in [4.78, 5) is 12.5. The van der Waals surface area contributed by atoms with E-state index in [2.05, 4.69) is 46.8 Å². The van der Waals surface area contributed by atoms with E-state index in [0.29, 0.717) is 5.56 Å². The lowest BCUT2D eigenvalue weighted by Crippen LogP contribution is -2.26. The molecule has 2 aromatic carbocycles. The highest BCUT2D eigenvalue weighted by molar-refractivity contribution is 5.97. The summed E-state index contributed by atoms with van der Waals surface area (Å²) >= 11 is 0. The number of aryl methyl sites for hydroxylation is 2. The molecule has 0 aliphatic rings. The van der Waals surface area contributed by atoms with Gasteiger partial charge in [0.25, 0.3) is 5.91 Å². The van der Waals surface area contributed by atoms with Crippen molar-refractivity contribution in [2.75, 3.05) is 0 Å². The van der Waals surface area contributed by atoms with Gasteiger partial charge in [-0.15, -0.1) is 5.10 Å². The van der Waals surface area contributed by atoms with E-state index >= 15 is 0 Å². The molecule has 0 aliphatic heterocycles. The lowest BCUT2D eigenvalue weighted by molar-refractivity contribution is 0.0940. The van der Waals surface area contributed by atoms with Gasteiger partial charge in [0, 0.05) is 12.1 Å². The number of benzene rings is 2. The average molecular weight is 322 g/mol. The van der Waals surface area contributed by atoms with Gasteiger partial charge in [0.1, 0.15) is 5.52 Å². The van der Waals surface area contributed by atoms with E-state index < -0.39 is 0 Å². The number of nitrogens with zero attached hydrogens (tertiary/aromatic N) is 3. The van der Waals surface area contributed by atoms with E-state index in [1.54, 1.807) is 6.07 Å². The standard InChI is InChI=1S/C19H22N4O/c1-4-14-6-8-15(9-7-14)13(3)20-19(24)16-10-11-18-17(12-16)21-22-23(18)5-2/h6-13H,4-5H2,1-3H3,(H,20,24). The van der Waals surface area contributed by atoms with Crippen molar-refractivity contribution in [1.29, 1.82) is 0 Å². The third kappa shape index (κ3) is 3.15. The largest absolute Gasteiger partial charge is 0.346 e. The Morgan fingerprint density at radius 1 is 1.17 bits per heavy atom. The average Bonchev–Trinajstić information content (AvgIpc) is 3.04. The molecule has 1 amide bonds. The molecule has 5 heteroatoms. The minimum absolute atomic E-state index is 0.0505. The number of amides is 1. The highest BCUT2D eigenvalue weighted by Gasteiger charge is 2.13. The summed E-state index contributed by atoms with van der Waals surface area (Å²) in [7, 11) is 0. The SMILES string of the molecule is CCc1ccc(C(C)NC(=O)c2ccc3c(c2)nnn3CC)cc1. The fourth-order valence-electron chi connectivity index (χ4n) is 2.75. The lowest BCUT2D eigenvalue weighted by atomic mass is 10.0. The van der Waals surface area contributed by atoms with Crippen LogP contribution in [0.2, 0.25) is 0 Å². The van der Waals surface area contributed by atoms with Crippen LogP contribution in [0.3, 0.4) is 0 Å². The molecular weight excluding hydrogens is 300 g/mol. The van der Waals surface area contributed by atoms with E-state index in [1.165, 1.54) is 5.56 Å². The van der Waals surface area contributed by atoms with Crippen molar-refractivity contribution < 1.29 is 4.79 Å². The van der Waals surface area contributed by atoms with E-state index in [4.69, 9.17) is 0 Å². The first-order chi connectivity index (χ1) is 11.6. The van der Waals surface area contributed by atoms with Crippen molar-refractivity contribution in [2.24, 2.45) is 0 Å².